The van der Waals surface area contributed by atoms with Crippen molar-refractivity contribution in [2.75, 3.05) is 23.3 Å². The first kappa shape index (κ1) is 22.1. The lowest BCUT2D eigenvalue weighted by Gasteiger charge is -2.19. The topological polar surface area (TPSA) is 137 Å². The van der Waals surface area contributed by atoms with Crippen LogP contribution in [0.15, 0.2) is 71.6 Å². The van der Waals surface area contributed by atoms with E-state index in [2.05, 4.69) is 10.0 Å². The van der Waals surface area contributed by atoms with Crippen LogP contribution in [0.3, 0.4) is 0 Å². The molecule has 0 aliphatic carbocycles. The normalized spacial score (nSPS) is 12.6. The molecule has 1 heterocycles. The highest BCUT2D eigenvalue weighted by atomic mass is 32.2. The Morgan fingerprint density at radius 1 is 0.939 bits per heavy atom. The lowest BCUT2D eigenvalue weighted by Crippen LogP contribution is -2.17. The van der Waals surface area contributed by atoms with Crippen LogP contribution in [-0.2, 0) is 21.2 Å². The van der Waals surface area contributed by atoms with Gasteiger partial charge >= 0.3 is 0 Å². The maximum absolute atomic E-state index is 12.7. The highest BCUT2D eigenvalue weighted by Gasteiger charge is 2.20. The SMILES string of the molecule is O=C(Cc1ccccc1[N+](=O)[O-])Nc1ccc(NS(=O)(=O)c2ccc3c(c2)OCCO3)cc1. The highest BCUT2D eigenvalue weighted by Crippen LogP contribution is 2.32. The fourth-order valence-electron chi connectivity index (χ4n) is 3.24. The van der Waals surface area contributed by atoms with Gasteiger partial charge in [-0.15, -0.1) is 0 Å². The van der Waals surface area contributed by atoms with Crippen LogP contribution in [0.5, 0.6) is 11.5 Å². The molecule has 11 heteroatoms. The summed E-state index contributed by atoms with van der Waals surface area (Å²) in [4.78, 5) is 22.9. The number of rotatable bonds is 7. The van der Waals surface area contributed by atoms with Crippen molar-refractivity contribution in [3.8, 4) is 11.5 Å². The minimum atomic E-state index is -3.87. The number of anilines is 2. The number of nitrogens with zero attached hydrogens (tertiary/aromatic N) is 1. The Labute approximate surface area is 189 Å². The molecule has 33 heavy (non-hydrogen) atoms. The van der Waals surface area contributed by atoms with Crippen molar-refractivity contribution in [3.63, 3.8) is 0 Å². The zero-order valence-electron chi connectivity index (χ0n) is 17.2. The smallest absolute Gasteiger partial charge is 0.273 e. The summed E-state index contributed by atoms with van der Waals surface area (Å²) in [6.45, 7) is 0.747. The second-order valence-electron chi connectivity index (χ2n) is 7.10. The number of carbonyl (C=O) groups is 1. The lowest BCUT2D eigenvalue weighted by molar-refractivity contribution is -0.385. The van der Waals surface area contributed by atoms with E-state index in [-0.39, 0.29) is 17.0 Å². The quantitative estimate of drug-likeness (QED) is 0.400. The van der Waals surface area contributed by atoms with Gasteiger partial charge in [-0.3, -0.25) is 19.6 Å². The number of nitro benzene ring substituents is 1. The van der Waals surface area contributed by atoms with Crippen molar-refractivity contribution >= 4 is 33.0 Å². The largest absolute Gasteiger partial charge is 0.486 e. The van der Waals surface area contributed by atoms with Crippen LogP contribution in [-0.4, -0.2) is 32.5 Å². The second kappa shape index (κ2) is 9.17. The Kier molecular flexibility index (Phi) is 6.13. The molecule has 3 aromatic carbocycles. The van der Waals surface area contributed by atoms with Crippen molar-refractivity contribution in [1.29, 1.82) is 0 Å². The molecular formula is C22H19N3O7S. The van der Waals surface area contributed by atoms with E-state index in [0.29, 0.717) is 41.7 Å². The number of nitrogens with one attached hydrogen (secondary N) is 2. The maximum atomic E-state index is 12.7. The van der Waals surface area contributed by atoms with E-state index in [1.54, 1.807) is 12.1 Å². The molecule has 1 aliphatic heterocycles. The minimum Gasteiger partial charge on any atom is -0.486 e. The van der Waals surface area contributed by atoms with E-state index in [1.165, 1.54) is 54.6 Å². The van der Waals surface area contributed by atoms with Gasteiger partial charge in [0.1, 0.15) is 13.2 Å². The molecule has 0 atom stereocenters. The molecule has 0 radical (unpaired) electrons. The third-order valence-corrected chi connectivity index (χ3v) is 6.16. The summed E-state index contributed by atoms with van der Waals surface area (Å²) in [5, 5.41) is 13.7. The summed E-state index contributed by atoms with van der Waals surface area (Å²) in [7, 11) is -3.87. The van der Waals surface area contributed by atoms with Gasteiger partial charge < -0.3 is 14.8 Å². The molecule has 0 saturated carbocycles. The number of sulfonamides is 1. The van der Waals surface area contributed by atoms with Crippen molar-refractivity contribution in [3.05, 3.63) is 82.4 Å². The van der Waals surface area contributed by atoms with Crippen LogP contribution < -0.4 is 19.5 Å². The number of benzene rings is 3. The van der Waals surface area contributed by atoms with Gasteiger partial charge in [0.15, 0.2) is 11.5 Å². The first-order valence-corrected chi connectivity index (χ1v) is 11.3. The lowest BCUT2D eigenvalue weighted by atomic mass is 10.1. The van der Waals surface area contributed by atoms with Gasteiger partial charge in [0.05, 0.1) is 16.2 Å². The highest BCUT2D eigenvalue weighted by molar-refractivity contribution is 7.92. The van der Waals surface area contributed by atoms with E-state index in [0.717, 1.165) is 0 Å². The van der Waals surface area contributed by atoms with Crippen LogP contribution in [0.4, 0.5) is 17.1 Å². The summed E-state index contributed by atoms with van der Waals surface area (Å²) in [6.07, 6.45) is -0.171. The van der Waals surface area contributed by atoms with Crippen molar-refractivity contribution in [2.45, 2.75) is 11.3 Å². The van der Waals surface area contributed by atoms with E-state index in [4.69, 9.17) is 9.47 Å². The van der Waals surface area contributed by atoms with Gasteiger partial charge in [-0.2, -0.15) is 0 Å². The third-order valence-electron chi connectivity index (χ3n) is 4.78. The van der Waals surface area contributed by atoms with E-state index < -0.39 is 20.9 Å². The van der Waals surface area contributed by atoms with Gasteiger partial charge in [-0.05, 0) is 36.4 Å². The average Bonchev–Trinajstić information content (AvgIpc) is 2.80. The van der Waals surface area contributed by atoms with Gasteiger partial charge in [-0.1, -0.05) is 18.2 Å². The number of hydrogen-bond donors (Lipinski definition) is 2. The van der Waals surface area contributed by atoms with E-state index >= 15 is 0 Å². The van der Waals surface area contributed by atoms with Gasteiger partial charge in [0, 0.05) is 29.1 Å². The van der Waals surface area contributed by atoms with E-state index in [9.17, 15) is 23.3 Å². The molecule has 170 valence electrons. The van der Waals surface area contributed by atoms with Gasteiger partial charge in [-0.25, -0.2) is 8.42 Å². The van der Waals surface area contributed by atoms with Crippen molar-refractivity contribution in [1.82, 2.24) is 0 Å². The number of fused-ring (bicyclic) bond motifs is 1. The van der Waals surface area contributed by atoms with E-state index in [1.807, 2.05) is 0 Å². The number of ether oxygens (including phenoxy) is 2. The fourth-order valence-corrected chi connectivity index (χ4v) is 4.32. The Morgan fingerprint density at radius 3 is 2.33 bits per heavy atom. The fraction of sp³-hybridized carbons (Fsp3) is 0.136. The Morgan fingerprint density at radius 2 is 1.61 bits per heavy atom. The van der Waals surface area contributed by atoms with Crippen LogP contribution in [0.25, 0.3) is 0 Å². The summed E-state index contributed by atoms with van der Waals surface area (Å²) >= 11 is 0. The zero-order valence-corrected chi connectivity index (χ0v) is 18.0. The third kappa shape index (κ3) is 5.21. The number of nitro groups is 1. The summed E-state index contributed by atoms with van der Waals surface area (Å²) in [5.41, 5.74) is 0.878. The number of para-hydroxylation sites is 1. The Hall–Kier alpha value is -4.12. The monoisotopic (exact) mass is 469 g/mol. The number of amides is 1. The molecule has 0 unspecified atom stereocenters. The van der Waals surface area contributed by atoms with Gasteiger partial charge in [0.2, 0.25) is 5.91 Å². The molecule has 0 aromatic heterocycles. The van der Waals surface area contributed by atoms with Crippen LogP contribution in [0.1, 0.15) is 5.56 Å². The maximum Gasteiger partial charge on any atom is 0.273 e. The predicted molar refractivity (Wildman–Crippen MR) is 120 cm³/mol. The van der Waals surface area contributed by atoms with Crippen LogP contribution >= 0.6 is 0 Å². The first-order valence-electron chi connectivity index (χ1n) is 9.86. The molecule has 0 bridgehead atoms. The van der Waals surface area contributed by atoms with Crippen LogP contribution in [0.2, 0.25) is 0 Å². The van der Waals surface area contributed by atoms with Crippen LogP contribution in [0, 0.1) is 10.1 Å². The standard InChI is InChI=1S/C22H19N3O7S/c26-22(13-15-3-1-2-4-19(15)25(27)28)23-16-5-7-17(8-6-16)24-33(29,30)18-9-10-20-21(14-18)32-12-11-31-20/h1-10,14,24H,11-13H2,(H,23,26). The minimum absolute atomic E-state index is 0.0218. The number of hydrogen-bond acceptors (Lipinski definition) is 7. The van der Waals surface area contributed by atoms with Gasteiger partial charge in [0.25, 0.3) is 15.7 Å². The second-order valence-corrected chi connectivity index (χ2v) is 8.78. The number of carbonyl (C=O) groups excluding carboxylic acids is 1. The van der Waals surface area contributed by atoms with Crippen molar-refractivity contribution in [2.24, 2.45) is 0 Å². The molecule has 0 fully saturated rings. The predicted octanol–water partition coefficient (Wildman–Crippen LogP) is 3.35. The van der Waals surface area contributed by atoms with Crippen molar-refractivity contribution < 1.29 is 27.6 Å². The molecule has 1 aliphatic rings. The first-order chi connectivity index (χ1) is 15.8. The molecule has 10 nitrogen and oxygen atoms in total. The molecule has 0 saturated heterocycles. The molecule has 4 rings (SSSR count). The molecule has 2 N–H and O–H groups in total. The average molecular weight is 469 g/mol. The summed E-state index contributed by atoms with van der Waals surface area (Å²) in [6, 6.07) is 16.4. The Bertz CT molecular complexity index is 1310. The zero-order chi connectivity index (χ0) is 23.4. The molecule has 0 spiro atoms. The molecular weight excluding hydrogens is 450 g/mol. The summed E-state index contributed by atoms with van der Waals surface area (Å²) in [5.74, 6) is 0.413. The Balaban J connectivity index is 1.41. The summed E-state index contributed by atoms with van der Waals surface area (Å²) < 4.78 is 38.7. The molecule has 3 aromatic rings. The molecule has 1 amide bonds.